The molecule has 1 fully saturated rings. The van der Waals surface area contributed by atoms with E-state index in [4.69, 9.17) is 11.6 Å². The lowest BCUT2D eigenvalue weighted by Gasteiger charge is -2.05. The molecule has 1 aliphatic rings. The second-order valence-corrected chi connectivity index (χ2v) is 7.14. The number of nitrogens with zero attached hydrogens (tertiary/aromatic N) is 3. The zero-order valence-corrected chi connectivity index (χ0v) is 15.3. The number of carbonyl (C=O) groups excluding carboxylic acids is 1. The number of pyridine rings is 1. The number of benzene rings is 1. The van der Waals surface area contributed by atoms with E-state index in [-0.39, 0.29) is 17.4 Å². The van der Waals surface area contributed by atoms with Crippen LogP contribution in [-0.4, -0.2) is 20.7 Å². The second-order valence-electron chi connectivity index (χ2n) is 6.74. The summed E-state index contributed by atoms with van der Waals surface area (Å²) < 4.78 is 14.9. The Labute approximate surface area is 161 Å². The maximum absolute atomic E-state index is 13.2. The number of hydrogen-bond donors (Lipinski definition) is 1. The normalized spacial score (nSPS) is 13.6. The molecule has 1 aromatic carbocycles. The molecule has 0 aliphatic heterocycles. The van der Waals surface area contributed by atoms with Gasteiger partial charge in [0.1, 0.15) is 5.82 Å². The zero-order chi connectivity index (χ0) is 18.8. The maximum atomic E-state index is 13.2. The third kappa shape index (κ3) is 4.52. The fraction of sp³-hybridized carbons (Fsp3) is 0.250. The number of anilines is 1. The molecule has 5 nitrogen and oxygen atoms in total. The van der Waals surface area contributed by atoms with Crippen LogP contribution in [0.5, 0.6) is 0 Å². The third-order valence-corrected chi connectivity index (χ3v) is 4.73. The lowest BCUT2D eigenvalue weighted by atomic mass is 10.1. The monoisotopic (exact) mass is 384 g/mol. The molecule has 0 spiro atoms. The van der Waals surface area contributed by atoms with Crippen molar-refractivity contribution in [1.82, 2.24) is 14.8 Å². The van der Waals surface area contributed by atoms with Crippen LogP contribution in [0.3, 0.4) is 0 Å². The number of carbonyl (C=O) groups is 1. The lowest BCUT2D eigenvalue weighted by Crippen LogP contribution is -2.15. The fourth-order valence-corrected chi connectivity index (χ4v) is 3.08. The summed E-state index contributed by atoms with van der Waals surface area (Å²) in [6.07, 6.45) is 6.18. The Hall–Kier alpha value is -2.73. The van der Waals surface area contributed by atoms with Gasteiger partial charge in [-0.2, -0.15) is 5.10 Å². The van der Waals surface area contributed by atoms with Crippen molar-refractivity contribution in [3.63, 3.8) is 0 Å². The summed E-state index contributed by atoms with van der Waals surface area (Å²) in [5.74, 6) is 0.475. The minimum Gasteiger partial charge on any atom is -0.309 e. The van der Waals surface area contributed by atoms with Gasteiger partial charge in [-0.3, -0.25) is 14.5 Å². The Morgan fingerprint density at radius 2 is 2.04 bits per heavy atom. The van der Waals surface area contributed by atoms with Crippen molar-refractivity contribution < 1.29 is 9.18 Å². The summed E-state index contributed by atoms with van der Waals surface area (Å²) in [6.45, 7) is 0.433. The predicted molar refractivity (Wildman–Crippen MR) is 101 cm³/mol. The Balaban J connectivity index is 1.33. The van der Waals surface area contributed by atoms with Crippen molar-refractivity contribution >= 4 is 23.3 Å². The van der Waals surface area contributed by atoms with Gasteiger partial charge in [0.2, 0.25) is 5.91 Å². The van der Waals surface area contributed by atoms with Crippen molar-refractivity contribution in [3.8, 4) is 0 Å². The third-order valence-electron chi connectivity index (χ3n) is 4.44. The minimum atomic E-state index is -0.450. The van der Waals surface area contributed by atoms with Crippen LogP contribution in [0.2, 0.25) is 5.02 Å². The van der Waals surface area contributed by atoms with Gasteiger partial charge in [-0.1, -0.05) is 23.7 Å². The lowest BCUT2D eigenvalue weighted by molar-refractivity contribution is -0.115. The molecule has 0 unspecified atom stereocenters. The topological polar surface area (TPSA) is 59.8 Å². The summed E-state index contributed by atoms with van der Waals surface area (Å²) in [5.41, 5.74) is 2.81. The molecule has 4 rings (SSSR count). The van der Waals surface area contributed by atoms with Crippen LogP contribution in [-0.2, 0) is 17.8 Å². The molecule has 0 radical (unpaired) electrons. The number of aromatic nitrogens is 3. The van der Waals surface area contributed by atoms with Crippen molar-refractivity contribution in [3.05, 3.63) is 76.5 Å². The van der Waals surface area contributed by atoms with E-state index in [1.807, 2.05) is 12.1 Å². The van der Waals surface area contributed by atoms with Gasteiger partial charge >= 0.3 is 0 Å². The summed E-state index contributed by atoms with van der Waals surface area (Å²) in [7, 11) is 0. The van der Waals surface area contributed by atoms with E-state index in [2.05, 4.69) is 15.4 Å². The molecule has 1 aliphatic carbocycles. The van der Waals surface area contributed by atoms with Gasteiger partial charge in [0.15, 0.2) is 5.82 Å². The number of hydrogen-bond acceptors (Lipinski definition) is 3. The molecule has 0 saturated heterocycles. The van der Waals surface area contributed by atoms with Crippen LogP contribution in [0, 0.1) is 5.82 Å². The van der Waals surface area contributed by atoms with Crippen LogP contribution in [0.25, 0.3) is 0 Å². The van der Waals surface area contributed by atoms with Crippen molar-refractivity contribution in [2.45, 2.75) is 31.7 Å². The number of nitrogens with one attached hydrogen (secondary N) is 1. The molecule has 1 amide bonds. The summed E-state index contributed by atoms with van der Waals surface area (Å²) in [4.78, 5) is 16.6. The van der Waals surface area contributed by atoms with Crippen LogP contribution >= 0.6 is 11.6 Å². The predicted octanol–water partition coefficient (Wildman–Crippen LogP) is 4.18. The van der Waals surface area contributed by atoms with Crippen LogP contribution in [0.4, 0.5) is 10.2 Å². The van der Waals surface area contributed by atoms with Crippen molar-refractivity contribution in [2.24, 2.45) is 0 Å². The van der Waals surface area contributed by atoms with Gasteiger partial charge in [0, 0.05) is 30.1 Å². The molecule has 7 heteroatoms. The Morgan fingerprint density at radius 1 is 1.22 bits per heavy atom. The average Bonchev–Trinajstić information content (AvgIpc) is 3.40. The number of amides is 1. The van der Waals surface area contributed by atoms with Crippen molar-refractivity contribution in [1.29, 1.82) is 0 Å². The van der Waals surface area contributed by atoms with E-state index >= 15 is 0 Å². The summed E-state index contributed by atoms with van der Waals surface area (Å²) >= 11 is 5.79. The highest BCUT2D eigenvalue weighted by molar-refractivity contribution is 6.30. The number of halogens is 2. The highest BCUT2D eigenvalue weighted by Crippen LogP contribution is 2.38. The molecule has 138 valence electrons. The first kappa shape index (κ1) is 17.7. The largest absolute Gasteiger partial charge is 0.309 e. The Morgan fingerprint density at radius 3 is 2.74 bits per heavy atom. The summed E-state index contributed by atoms with van der Waals surface area (Å²) in [6, 6.07) is 10.2. The molecule has 27 heavy (non-hydrogen) atoms. The molecule has 3 aromatic rings. The molecule has 1 saturated carbocycles. The molecular formula is C20H18ClFN4O. The first-order valence-corrected chi connectivity index (χ1v) is 9.17. The quantitative estimate of drug-likeness (QED) is 0.693. The standard InChI is InChI=1S/C20H18ClFN4O/c21-16-9-14(1-5-17(16)22)12-26-8-7-19(25-26)24-20(27)10-13-2-6-18(23-11-13)15-3-4-15/h1-2,5-9,11,15H,3-4,10,12H2,(H,24,25,27). The highest BCUT2D eigenvalue weighted by Gasteiger charge is 2.24. The number of rotatable bonds is 6. The van der Waals surface area contributed by atoms with Gasteiger partial charge in [-0.05, 0) is 42.2 Å². The Kier molecular flexibility index (Phi) is 4.90. The van der Waals surface area contributed by atoms with E-state index in [1.54, 1.807) is 35.3 Å². The van der Waals surface area contributed by atoms with E-state index in [1.165, 1.54) is 18.9 Å². The molecule has 2 heterocycles. The van der Waals surface area contributed by atoms with Crippen LogP contribution < -0.4 is 5.32 Å². The first-order valence-electron chi connectivity index (χ1n) is 8.79. The van der Waals surface area contributed by atoms with Gasteiger partial charge in [-0.15, -0.1) is 0 Å². The maximum Gasteiger partial charge on any atom is 0.230 e. The smallest absolute Gasteiger partial charge is 0.230 e. The van der Waals surface area contributed by atoms with Crippen LogP contribution in [0.15, 0.2) is 48.8 Å². The molecule has 0 atom stereocenters. The zero-order valence-electron chi connectivity index (χ0n) is 14.5. The average molecular weight is 385 g/mol. The van der Waals surface area contributed by atoms with E-state index in [0.29, 0.717) is 18.3 Å². The second kappa shape index (κ2) is 7.48. The Bertz CT molecular complexity index is 966. The van der Waals surface area contributed by atoms with E-state index in [0.717, 1.165) is 16.8 Å². The van der Waals surface area contributed by atoms with Crippen LogP contribution in [0.1, 0.15) is 35.6 Å². The molecule has 2 aromatic heterocycles. The van der Waals surface area contributed by atoms with E-state index < -0.39 is 5.82 Å². The summed E-state index contributed by atoms with van der Waals surface area (Å²) in [5, 5.41) is 7.18. The fourth-order valence-electron chi connectivity index (χ4n) is 2.87. The SMILES string of the molecule is O=C(Cc1ccc(C2CC2)nc1)Nc1ccn(Cc2ccc(F)c(Cl)c2)n1. The first-order chi connectivity index (χ1) is 13.1. The highest BCUT2D eigenvalue weighted by atomic mass is 35.5. The van der Waals surface area contributed by atoms with Gasteiger partial charge in [0.05, 0.1) is 18.0 Å². The van der Waals surface area contributed by atoms with Gasteiger partial charge < -0.3 is 5.32 Å². The van der Waals surface area contributed by atoms with Crippen molar-refractivity contribution in [2.75, 3.05) is 5.32 Å². The van der Waals surface area contributed by atoms with Gasteiger partial charge in [0.25, 0.3) is 0 Å². The van der Waals surface area contributed by atoms with Gasteiger partial charge in [-0.25, -0.2) is 4.39 Å². The molecular weight excluding hydrogens is 367 g/mol. The molecule has 0 bridgehead atoms. The molecule has 1 N–H and O–H groups in total. The minimum absolute atomic E-state index is 0.0782. The van der Waals surface area contributed by atoms with E-state index in [9.17, 15) is 9.18 Å².